The quantitative estimate of drug-likeness (QED) is 0.191. The number of esters is 1. The van der Waals surface area contributed by atoms with Crippen LogP contribution in [-0.4, -0.2) is 36.7 Å². The van der Waals surface area contributed by atoms with Crippen LogP contribution in [0.3, 0.4) is 0 Å². The van der Waals surface area contributed by atoms with Crippen molar-refractivity contribution in [2.45, 2.75) is 46.1 Å². The molecule has 0 saturated heterocycles. The highest BCUT2D eigenvalue weighted by atomic mass is 35.5. The average Bonchev–Trinajstić information content (AvgIpc) is 3.26. The van der Waals surface area contributed by atoms with E-state index in [9.17, 15) is 14.4 Å². The second-order valence-corrected chi connectivity index (χ2v) is 10.8. The van der Waals surface area contributed by atoms with Crippen LogP contribution in [0.15, 0.2) is 53.6 Å². The van der Waals surface area contributed by atoms with Crippen molar-refractivity contribution in [3.05, 3.63) is 80.7 Å². The number of ether oxygens (including phenoxy) is 2. The first-order valence-corrected chi connectivity index (χ1v) is 13.9. The molecule has 2 aromatic carbocycles. The zero-order valence-corrected chi connectivity index (χ0v) is 23.5. The minimum atomic E-state index is -0.826. The van der Waals surface area contributed by atoms with Crippen LogP contribution in [0.4, 0.5) is 5.00 Å². The van der Waals surface area contributed by atoms with Gasteiger partial charge in [-0.2, -0.15) is 5.10 Å². The standard InChI is InChI=1S/C29H30ClN3O5S/c1-4-37-29(36)25-23-13-8-17(2)14-24(23)39-28(25)32-27(35)20-9-11-22(12-10-20)38-18(3)26(34)33-31-16-19-6-5-7-21(30)15-19/h5-7,9-12,15-18H,4,8,13-14H2,1-3H3,(H,32,35)(H,33,34)/b31-16-/t17-,18-/m0/s1. The molecule has 1 aromatic heterocycles. The van der Waals surface area contributed by atoms with Gasteiger partial charge in [-0.3, -0.25) is 9.59 Å². The van der Waals surface area contributed by atoms with E-state index >= 15 is 0 Å². The molecule has 2 amide bonds. The Morgan fingerprint density at radius 3 is 2.69 bits per heavy atom. The summed E-state index contributed by atoms with van der Waals surface area (Å²) in [7, 11) is 0. The molecule has 3 aromatic rings. The Bertz CT molecular complexity index is 1390. The molecule has 10 heteroatoms. The summed E-state index contributed by atoms with van der Waals surface area (Å²) in [5, 5.41) is 7.93. The number of hydrazone groups is 1. The molecule has 0 aliphatic heterocycles. The number of anilines is 1. The maximum atomic E-state index is 13.0. The molecule has 2 atom stereocenters. The van der Waals surface area contributed by atoms with Crippen molar-refractivity contribution in [3.8, 4) is 5.75 Å². The third-order valence-corrected chi connectivity index (χ3v) is 7.66. The van der Waals surface area contributed by atoms with Gasteiger partial charge in [0.15, 0.2) is 6.10 Å². The van der Waals surface area contributed by atoms with E-state index in [-0.39, 0.29) is 12.5 Å². The summed E-state index contributed by atoms with van der Waals surface area (Å²) in [5.74, 6) is -0.243. The van der Waals surface area contributed by atoms with Gasteiger partial charge in [0.05, 0.1) is 18.4 Å². The molecule has 8 nitrogen and oxygen atoms in total. The zero-order chi connectivity index (χ0) is 27.9. The van der Waals surface area contributed by atoms with E-state index in [1.807, 2.05) is 6.07 Å². The molecule has 39 heavy (non-hydrogen) atoms. The monoisotopic (exact) mass is 567 g/mol. The van der Waals surface area contributed by atoms with E-state index in [0.717, 1.165) is 35.3 Å². The molecule has 4 rings (SSSR count). The van der Waals surface area contributed by atoms with E-state index < -0.39 is 18.0 Å². The Labute approximate surface area is 236 Å². The lowest BCUT2D eigenvalue weighted by Gasteiger charge is -2.18. The van der Waals surface area contributed by atoms with Crippen LogP contribution in [0, 0.1) is 5.92 Å². The number of nitrogens with one attached hydrogen (secondary N) is 2. The highest BCUT2D eigenvalue weighted by molar-refractivity contribution is 7.17. The Morgan fingerprint density at radius 2 is 1.97 bits per heavy atom. The predicted octanol–water partition coefficient (Wildman–Crippen LogP) is 5.87. The van der Waals surface area contributed by atoms with Gasteiger partial charge in [-0.25, -0.2) is 10.2 Å². The van der Waals surface area contributed by atoms with Crippen molar-refractivity contribution in [2.75, 3.05) is 11.9 Å². The van der Waals surface area contributed by atoms with E-state index in [2.05, 4.69) is 22.8 Å². The fourth-order valence-electron chi connectivity index (χ4n) is 4.22. The van der Waals surface area contributed by atoms with E-state index in [4.69, 9.17) is 21.1 Å². The van der Waals surface area contributed by atoms with Crippen molar-refractivity contribution >= 4 is 51.9 Å². The maximum Gasteiger partial charge on any atom is 0.341 e. The van der Waals surface area contributed by atoms with E-state index in [1.165, 1.54) is 17.6 Å². The van der Waals surface area contributed by atoms with Gasteiger partial charge < -0.3 is 14.8 Å². The van der Waals surface area contributed by atoms with Gasteiger partial charge >= 0.3 is 5.97 Å². The second-order valence-electron chi connectivity index (χ2n) is 9.30. The number of fused-ring (bicyclic) bond motifs is 1. The molecule has 1 aliphatic rings. The van der Waals surface area contributed by atoms with Crippen LogP contribution in [0.25, 0.3) is 0 Å². The molecule has 204 valence electrons. The minimum absolute atomic E-state index is 0.263. The van der Waals surface area contributed by atoms with Crippen LogP contribution in [0.2, 0.25) is 5.02 Å². The Kier molecular flexibility index (Phi) is 9.37. The molecule has 0 fully saturated rings. The first-order valence-electron chi connectivity index (χ1n) is 12.7. The van der Waals surface area contributed by atoms with E-state index in [1.54, 1.807) is 56.3 Å². The number of nitrogens with zero attached hydrogens (tertiary/aromatic N) is 1. The van der Waals surface area contributed by atoms with Crippen molar-refractivity contribution in [2.24, 2.45) is 11.0 Å². The van der Waals surface area contributed by atoms with Gasteiger partial charge in [-0.1, -0.05) is 30.7 Å². The highest BCUT2D eigenvalue weighted by Crippen LogP contribution is 2.40. The fourth-order valence-corrected chi connectivity index (χ4v) is 5.82. The molecule has 0 unspecified atom stereocenters. The lowest BCUT2D eigenvalue weighted by atomic mass is 9.88. The van der Waals surface area contributed by atoms with E-state index in [0.29, 0.717) is 32.8 Å². The van der Waals surface area contributed by atoms with Gasteiger partial charge in [0.2, 0.25) is 0 Å². The molecular formula is C29H30ClN3O5S. The van der Waals surface area contributed by atoms with Crippen molar-refractivity contribution in [1.82, 2.24) is 5.43 Å². The number of hydrogen-bond acceptors (Lipinski definition) is 7. The van der Waals surface area contributed by atoms with Gasteiger partial charge in [0, 0.05) is 15.5 Å². The number of thiophene rings is 1. The number of rotatable bonds is 9. The maximum absolute atomic E-state index is 13.0. The van der Waals surface area contributed by atoms with Crippen LogP contribution in [0.5, 0.6) is 5.75 Å². The summed E-state index contributed by atoms with van der Waals surface area (Å²) in [6.07, 6.45) is 3.33. The fraction of sp³-hybridized carbons (Fsp3) is 0.310. The summed E-state index contributed by atoms with van der Waals surface area (Å²) in [6.45, 7) is 5.81. The van der Waals surface area contributed by atoms with Crippen LogP contribution < -0.4 is 15.5 Å². The summed E-state index contributed by atoms with van der Waals surface area (Å²) in [6, 6.07) is 13.5. The molecule has 2 N–H and O–H groups in total. The number of amides is 2. The Balaban J connectivity index is 1.37. The molecule has 0 radical (unpaired) electrons. The first-order chi connectivity index (χ1) is 18.7. The lowest BCUT2D eigenvalue weighted by molar-refractivity contribution is -0.127. The average molecular weight is 568 g/mol. The largest absolute Gasteiger partial charge is 0.481 e. The third kappa shape index (κ3) is 7.25. The predicted molar refractivity (Wildman–Crippen MR) is 153 cm³/mol. The SMILES string of the molecule is CCOC(=O)c1c(NC(=O)c2ccc(O[C@@H](C)C(=O)N/N=C\c3cccc(Cl)c3)cc2)sc2c1CC[C@H](C)C2. The summed E-state index contributed by atoms with van der Waals surface area (Å²) >= 11 is 7.39. The van der Waals surface area contributed by atoms with Crippen LogP contribution >= 0.6 is 22.9 Å². The Hall–Kier alpha value is -3.69. The number of halogens is 1. The van der Waals surface area contributed by atoms with Gasteiger partial charge in [-0.15, -0.1) is 11.3 Å². The molecule has 0 bridgehead atoms. The summed E-state index contributed by atoms with van der Waals surface area (Å²) < 4.78 is 11.0. The van der Waals surface area contributed by atoms with Crippen LogP contribution in [0.1, 0.15) is 63.9 Å². The molecular weight excluding hydrogens is 538 g/mol. The summed E-state index contributed by atoms with van der Waals surface area (Å²) in [4.78, 5) is 39.2. The smallest absolute Gasteiger partial charge is 0.341 e. The topological polar surface area (TPSA) is 106 Å². The normalized spacial score (nSPS) is 15.3. The van der Waals surface area contributed by atoms with Crippen molar-refractivity contribution in [3.63, 3.8) is 0 Å². The lowest BCUT2D eigenvalue weighted by Crippen LogP contribution is -2.33. The number of carbonyl (C=O) groups excluding carboxylic acids is 3. The van der Waals surface area contributed by atoms with Gasteiger partial charge in [0.1, 0.15) is 10.8 Å². The summed E-state index contributed by atoms with van der Waals surface area (Å²) in [5.41, 5.74) is 5.03. The molecule has 1 heterocycles. The molecule has 0 spiro atoms. The number of benzene rings is 2. The minimum Gasteiger partial charge on any atom is -0.481 e. The second kappa shape index (κ2) is 12.9. The Morgan fingerprint density at radius 1 is 1.21 bits per heavy atom. The molecule has 1 aliphatic carbocycles. The van der Waals surface area contributed by atoms with Gasteiger partial charge in [0.25, 0.3) is 11.8 Å². The van der Waals surface area contributed by atoms with Crippen molar-refractivity contribution in [1.29, 1.82) is 0 Å². The third-order valence-electron chi connectivity index (χ3n) is 6.25. The highest BCUT2D eigenvalue weighted by Gasteiger charge is 2.29. The molecule has 0 saturated carbocycles. The van der Waals surface area contributed by atoms with Gasteiger partial charge in [-0.05, 0) is 86.6 Å². The zero-order valence-electron chi connectivity index (χ0n) is 22.0. The number of hydrogen-bond donors (Lipinski definition) is 2. The van der Waals surface area contributed by atoms with Crippen LogP contribution in [-0.2, 0) is 22.4 Å². The van der Waals surface area contributed by atoms with Crippen molar-refractivity contribution < 1.29 is 23.9 Å². The number of carbonyl (C=O) groups is 3. The first kappa shape index (κ1) is 28.3.